The van der Waals surface area contributed by atoms with Crippen molar-refractivity contribution in [3.63, 3.8) is 0 Å². The van der Waals surface area contributed by atoms with E-state index < -0.39 is 11.2 Å². The van der Waals surface area contributed by atoms with E-state index >= 15 is 0 Å². The minimum atomic E-state index is -0.550. The number of carbonyl (C=O) groups excluding carboxylic acids is 2. The lowest BCUT2D eigenvalue weighted by Gasteiger charge is -2.40. The van der Waals surface area contributed by atoms with Crippen LogP contribution in [-0.2, 0) is 4.79 Å². The highest BCUT2D eigenvalue weighted by Gasteiger charge is 2.60. The third-order valence-corrected chi connectivity index (χ3v) is 7.13. The molecule has 5 rings (SSSR count). The Kier molecular flexibility index (Phi) is 4.58. The summed E-state index contributed by atoms with van der Waals surface area (Å²) in [6.07, 6.45) is 9.92. The van der Waals surface area contributed by atoms with E-state index in [9.17, 15) is 9.59 Å². The van der Waals surface area contributed by atoms with E-state index in [1.807, 2.05) is 42.5 Å². The Morgan fingerprint density at radius 2 is 1.52 bits per heavy atom. The van der Waals surface area contributed by atoms with Crippen LogP contribution in [0.25, 0.3) is 10.8 Å². The molecule has 2 saturated carbocycles. The molecule has 2 N–H and O–H groups in total. The lowest BCUT2D eigenvalue weighted by Crippen LogP contribution is -2.58. The maximum atomic E-state index is 13.7. The summed E-state index contributed by atoms with van der Waals surface area (Å²) >= 11 is 0. The van der Waals surface area contributed by atoms with Gasteiger partial charge in [-0.1, -0.05) is 62.1 Å². The Balaban J connectivity index is 1.49. The number of nitrogens with one attached hydrogen (secondary N) is 2. The van der Waals surface area contributed by atoms with Gasteiger partial charge in [0.1, 0.15) is 11.2 Å². The molecule has 5 nitrogen and oxygen atoms in total. The van der Waals surface area contributed by atoms with E-state index in [4.69, 9.17) is 0 Å². The Labute approximate surface area is 171 Å². The average Bonchev–Trinajstić information content (AvgIpc) is 2.96. The molecule has 0 radical (unpaired) electrons. The molecule has 29 heavy (non-hydrogen) atoms. The molecule has 0 bridgehead atoms. The number of urea groups is 1. The largest absolute Gasteiger partial charge is 0.330 e. The minimum absolute atomic E-state index is 0.0168. The maximum absolute atomic E-state index is 13.7. The van der Waals surface area contributed by atoms with Gasteiger partial charge < -0.3 is 5.32 Å². The van der Waals surface area contributed by atoms with Crippen molar-refractivity contribution in [3.8, 4) is 0 Å². The predicted octanol–water partition coefficient (Wildman–Crippen LogP) is 5.17. The summed E-state index contributed by atoms with van der Waals surface area (Å²) < 4.78 is 0. The molecule has 2 aromatic rings. The molecule has 3 fully saturated rings. The Bertz CT molecular complexity index is 937. The van der Waals surface area contributed by atoms with E-state index in [1.165, 1.54) is 12.8 Å². The highest BCUT2D eigenvalue weighted by molar-refractivity contribution is 6.09. The van der Waals surface area contributed by atoms with Crippen molar-refractivity contribution < 1.29 is 9.59 Å². The number of hydrogen-bond acceptors (Lipinski definition) is 3. The fourth-order valence-electron chi connectivity index (χ4n) is 5.73. The quantitative estimate of drug-likeness (QED) is 0.705. The molecule has 0 atom stereocenters. The zero-order valence-corrected chi connectivity index (χ0v) is 16.9. The van der Waals surface area contributed by atoms with Crippen molar-refractivity contribution in [1.82, 2.24) is 10.2 Å². The van der Waals surface area contributed by atoms with Gasteiger partial charge in [0.25, 0.3) is 5.91 Å². The molecular weight excluding hydrogens is 362 g/mol. The Hall–Kier alpha value is -2.40. The van der Waals surface area contributed by atoms with E-state index in [-0.39, 0.29) is 11.9 Å². The van der Waals surface area contributed by atoms with Crippen LogP contribution in [-0.4, -0.2) is 28.0 Å². The van der Waals surface area contributed by atoms with Crippen LogP contribution in [0, 0.1) is 0 Å². The summed E-state index contributed by atoms with van der Waals surface area (Å²) in [5.41, 5.74) is -0.316. The van der Waals surface area contributed by atoms with Gasteiger partial charge >= 0.3 is 6.03 Å². The van der Waals surface area contributed by atoms with E-state index in [0.29, 0.717) is 0 Å². The van der Waals surface area contributed by atoms with Crippen molar-refractivity contribution in [2.45, 2.75) is 75.4 Å². The van der Waals surface area contributed by atoms with Crippen LogP contribution in [0.5, 0.6) is 0 Å². The number of nitrogens with zero attached hydrogens (tertiary/aromatic N) is 1. The van der Waals surface area contributed by atoms with E-state index in [0.717, 1.165) is 67.8 Å². The molecule has 1 heterocycles. The van der Waals surface area contributed by atoms with Crippen LogP contribution in [0.4, 0.5) is 10.5 Å². The molecule has 0 aromatic heterocycles. The Morgan fingerprint density at radius 3 is 2.28 bits per heavy atom. The number of anilines is 1. The maximum Gasteiger partial charge on any atom is 0.330 e. The molecular formula is C24H29N3O2. The second-order valence-electron chi connectivity index (χ2n) is 8.96. The third-order valence-electron chi connectivity index (χ3n) is 7.13. The van der Waals surface area contributed by atoms with Crippen LogP contribution in [0.3, 0.4) is 0 Å². The van der Waals surface area contributed by atoms with Gasteiger partial charge in [-0.25, -0.2) is 9.69 Å². The zero-order valence-electron chi connectivity index (χ0n) is 16.9. The van der Waals surface area contributed by atoms with Crippen LogP contribution < -0.4 is 10.6 Å². The number of fused-ring (bicyclic) bond motifs is 1. The average molecular weight is 392 g/mol. The fraction of sp³-hybridized carbons (Fsp3) is 0.500. The number of carbonyl (C=O) groups is 2. The van der Waals surface area contributed by atoms with Crippen molar-refractivity contribution in [3.05, 3.63) is 42.5 Å². The third kappa shape index (κ3) is 3.03. The smallest absolute Gasteiger partial charge is 0.307 e. The topological polar surface area (TPSA) is 61.4 Å². The Morgan fingerprint density at radius 1 is 0.862 bits per heavy atom. The molecule has 1 aliphatic heterocycles. The first-order valence-electron chi connectivity index (χ1n) is 11.1. The minimum Gasteiger partial charge on any atom is -0.307 e. The van der Waals surface area contributed by atoms with Gasteiger partial charge in [0, 0.05) is 5.39 Å². The van der Waals surface area contributed by atoms with Gasteiger partial charge in [0.05, 0.1) is 5.69 Å². The lowest BCUT2D eigenvalue weighted by molar-refractivity contribution is -0.132. The van der Waals surface area contributed by atoms with Crippen LogP contribution in [0.2, 0.25) is 0 Å². The second kappa shape index (κ2) is 7.13. The van der Waals surface area contributed by atoms with Crippen molar-refractivity contribution in [2.24, 2.45) is 0 Å². The van der Waals surface area contributed by atoms with Crippen LogP contribution in [0.15, 0.2) is 42.5 Å². The molecule has 3 amide bonds. The molecule has 5 heteroatoms. The summed E-state index contributed by atoms with van der Waals surface area (Å²) in [5, 5.41) is 8.89. The van der Waals surface area contributed by atoms with Crippen LogP contribution >= 0.6 is 0 Å². The van der Waals surface area contributed by atoms with Gasteiger partial charge in [-0.2, -0.15) is 0 Å². The summed E-state index contributed by atoms with van der Waals surface area (Å²) in [6.45, 7) is 0. The summed E-state index contributed by atoms with van der Waals surface area (Å²) in [5.74, 6) is -0.0168. The van der Waals surface area contributed by atoms with E-state index in [1.54, 1.807) is 4.90 Å². The highest BCUT2D eigenvalue weighted by atomic mass is 16.2. The standard InChI is InChI=1S/C24H29N3O2/c28-21-23(14-5-1-6-15-23)26-24(16-7-2-8-17-24)27(21)22(29)25-20-13-9-11-18-10-3-4-12-19(18)20/h3-4,9-13,26H,1-2,5-8,14-17H2,(H,25,29). The second-order valence-corrected chi connectivity index (χ2v) is 8.96. The molecule has 1 saturated heterocycles. The molecule has 2 aromatic carbocycles. The molecule has 3 aliphatic rings. The van der Waals surface area contributed by atoms with Gasteiger partial charge in [-0.3, -0.25) is 10.1 Å². The molecule has 2 spiro atoms. The highest BCUT2D eigenvalue weighted by Crippen LogP contribution is 2.45. The monoisotopic (exact) mass is 391 g/mol. The normalized spacial score (nSPS) is 23.0. The van der Waals surface area contributed by atoms with Crippen LogP contribution in [0.1, 0.15) is 64.2 Å². The number of rotatable bonds is 1. The molecule has 152 valence electrons. The first-order valence-corrected chi connectivity index (χ1v) is 11.1. The summed E-state index contributed by atoms with van der Waals surface area (Å²) in [4.78, 5) is 28.7. The first-order chi connectivity index (χ1) is 14.1. The predicted molar refractivity (Wildman–Crippen MR) is 115 cm³/mol. The molecule has 0 unspecified atom stereocenters. The van der Waals surface area contributed by atoms with Gasteiger partial charge in [0.2, 0.25) is 0 Å². The first kappa shape index (κ1) is 18.6. The lowest BCUT2D eigenvalue weighted by atomic mass is 9.81. The fourth-order valence-corrected chi connectivity index (χ4v) is 5.73. The van der Waals surface area contributed by atoms with E-state index in [2.05, 4.69) is 10.6 Å². The SMILES string of the molecule is O=C(Nc1cccc2ccccc12)N1C(=O)C2(CCCCC2)NC12CCCCC2. The number of imide groups is 1. The van der Waals surface area contributed by atoms with Gasteiger partial charge in [0.15, 0.2) is 0 Å². The van der Waals surface area contributed by atoms with Gasteiger partial charge in [-0.05, 0) is 50.0 Å². The number of amides is 3. The summed E-state index contributed by atoms with van der Waals surface area (Å²) in [7, 11) is 0. The summed E-state index contributed by atoms with van der Waals surface area (Å²) in [6, 6.07) is 13.6. The number of hydrogen-bond donors (Lipinski definition) is 2. The van der Waals surface area contributed by atoms with Gasteiger partial charge in [-0.15, -0.1) is 0 Å². The molecule has 2 aliphatic carbocycles. The van der Waals surface area contributed by atoms with Crippen molar-refractivity contribution in [2.75, 3.05) is 5.32 Å². The van der Waals surface area contributed by atoms with Crippen molar-refractivity contribution in [1.29, 1.82) is 0 Å². The van der Waals surface area contributed by atoms with Crippen molar-refractivity contribution >= 4 is 28.4 Å². The zero-order chi connectivity index (χ0) is 19.9. The number of benzene rings is 2.